The van der Waals surface area contributed by atoms with E-state index in [1.807, 2.05) is 11.8 Å². The van der Waals surface area contributed by atoms with Gasteiger partial charge in [-0.1, -0.05) is 24.3 Å². The number of aryl methyl sites for hydroxylation is 1. The molecule has 2 unspecified atom stereocenters. The molecular formula is C15H18OS. The minimum atomic E-state index is 0.330. The van der Waals surface area contributed by atoms with Crippen LogP contribution < -0.4 is 0 Å². The molecule has 0 N–H and O–H groups in total. The van der Waals surface area contributed by atoms with Crippen LogP contribution in [0, 0.1) is 5.92 Å². The first kappa shape index (κ1) is 11.3. The number of carbonyl (C=O) groups excluding carboxylic acids is 1. The van der Waals surface area contributed by atoms with E-state index in [4.69, 9.17) is 0 Å². The third-order valence-electron chi connectivity index (χ3n) is 4.08. The molecule has 0 radical (unpaired) electrons. The SMILES string of the molecule is O=C1CSCC1CC1CCCc2ccccc21. The van der Waals surface area contributed by atoms with Crippen LogP contribution in [-0.2, 0) is 11.2 Å². The summed E-state index contributed by atoms with van der Waals surface area (Å²) in [5, 5.41) is 0. The highest BCUT2D eigenvalue weighted by Crippen LogP contribution is 2.38. The van der Waals surface area contributed by atoms with E-state index >= 15 is 0 Å². The molecular weight excluding hydrogens is 228 g/mol. The molecule has 90 valence electrons. The van der Waals surface area contributed by atoms with Gasteiger partial charge in [0.25, 0.3) is 0 Å². The van der Waals surface area contributed by atoms with E-state index in [0.29, 0.717) is 17.6 Å². The zero-order chi connectivity index (χ0) is 11.7. The Hall–Kier alpha value is -0.760. The molecule has 0 spiro atoms. The average molecular weight is 246 g/mol. The van der Waals surface area contributed by atoms with Crippen molar-refractivity contribution in [3.8, 4) is 0 Å². The van der Waals surface area contributed by atoms with Gasteiger partial charge in [0.1, 0.15) is 5.78 Å². The van der Waals surface area contributed by atoms with Crippen molar-refractivity contribution in [2.24, 2.45) is 5.92 Å². The van der Waals surface area contributed by atoms with E-state index < -0.39 is 0 Å². The molecule has 0 bridgehead atoms. The standard InChI is InChI=1S/C15H18OS/c16-15-10-17-9-13(15)8-12-6-3-5-11-4-1-2-7-14(11)12/h1-2,4,7,12-13H,3,5-6,8-10H2. The quantitative estimate of drug-likeness (QED) is 0.795. The fraction of sp³-hybridized carbons (Fsp3) is 0.533. The summed E-state index contributed by atoms with van der Waals surface area (Å²) in [4.78, 5) is 11.7. The number of benzene rings is 1. The van der Waals surface area contributed by atoms with Gasteiger partial charge in [-0.15, -0.1) is 0 Å². The van der Waals surface area contributed by atoms with Crippen molar-refractivity contribution in [3.05, 3.63) is 35.4 Å². The van der Waals surface area contributed by atoms with Gasteiger partial charge in [0.2, 0.25) is 0 Å². The first-order valence-electron chi connectivity index (χ1n) is 6.53. The summed E-state index contributed by atoms with van der Waals surface area (Å²) in [6.07, 6.45) is 4.87. The molecule has 1 aliphatic heterocycles. The Morgan fingerprint density at radius 2 is 2.12 bits per heavy atom. The van der Waals surface area contributed by atoms with Crippen LogP contribution in [0.1, 0.15) is 36.3 Å². The molecule has 1 saturated heterocycles. The third-order valence-corrected chi connectivity index (χ3v) is 5.21. The van der Waals surface area contributed by atoms with Crippen LogP contribution in [0.5, 0.6) is 0 Å². The molecule has 0 aromatic heterocycles. The first-order chi connectivity index (χ1) is 8.34. The van der Waals surface area contributed by atoms with Gasteiger partial charge in [0.15, 0.2) is 0 Å². The summed E-state index contributed by atoms with van der Waals surface area (Å²) in [6.45, 7) is 0. The summed E-state index contributed by atoms with van der Waals surface area (Å²) in [5.74, 6) is 3.25. The van der Waals surface area contributed by atoms with Crippen LogP contribution in [0.3, 0.4) is 0 Å². The first-order valence-corrected chi connectivity index (χ1v) is 7.68. The molecule has 0 amide bonds. The van der Waals surface area contributed by atoms with E-state index in [2.05, 4.69) is 24.3 Å². The lowest BCUT2D eigenvalue weighted by molar-refractivity contribution is -0.119. The highest BCUT2D eigenvalue weighted by Gasteiger charge is 2.30. The predicted octanol–water partition coefficient (Wildman–Crippen LogP) is 3.43. The van der Waals surface area contributed by atoms with Crippen molar-refractivity contribution < 1.29 is 4.79 Å². The molecule has 1 fully saturated rings. The lowest BCUT2D eigenvalue weighted by Crippen LogP contribution is -2.18. The summed E-state index contributed by atoms with van der Waals surface area (Å²) in [7, 11) is 0. The maximum Gasteiger partial charge on any atom is 0.146 e. The Kier molecular flexibility index (Phi) is 3.24. The number of Topliss-reactive ketones (excluding diaryl/α,β-unsaturated/α-hetero) is 1. The second-order valence-corrected chi connectivity index (χ2v) is 6.23. The maximum absolute atomic E-state index is 11.7. The van der Waals surface area contributed by atoms with E-state index in [9.17, 15) is 4.79 Å². The molecule has 1 aromatic rings. The van der Waals surface area contributed by atoms with Crippen LogP contribution in [0.15, 0.2) is 24.3 Å². The van der Waals surface area contributed by atoms with Crippen molar-refractivity contribution in [1.29, 1.82) is 0 Å². The normalized spacial score (nSPS) is 28.1. The van der Waals surface area contributed by atoms with Crippen LogP contribution in [0.25, 0.3) is 0 Å². The minimum absolute atomic E-state index is 0.330. The molecule has 1 nitrogen and oxygen atoms in total. The number of thioether (sulfide) groups is 1. The van der Waals surface area contributed by atoms with Gasteiger partial charge in [-0.25, -0.2) is 0 Å². The van der Waals surface area contributed by atoms with Gasteiger partial charge < -0.3 is 0 Å². The van der Waals surface area contributed by atoms with Crippen LogP contribution in [0.4, 0.5) is 0 Å². The topological polar surface area (TPSA) is 17.1 Å². The summed E-state index contributed by atoms with van der Waals surface area (Å²) in [6, 6.07) is 8.80. The number of ketones is 1. The smallest absolute Gasteiger partial charge is 0.146 e. The molecule has 1 aromatic carbocycles. The zero-order valence-electron chi connectivity index (χ0n) is 10.0. The van der Waals surface area contributed by atoms with Crippen LogP contribution >= 0.6 is 11.8 Å². The third kappa shape index (κ3) is 2.28. The van der Waals surface area contributed by atoms with Gasteiger partial charge in [0.05, 0.1) is 5.75 Å². The zero-order valence-corrected chi connectivity index (χ0v) is 10.8. The minimum Gasteiger partial charge on any atom is -0.298 e. The van der Waals surface area contributed by atoms with E-state index in [1.165, 1.54) is 30.4 Å². The van der Waals surface area contributed by atoms with Gasteiger partial charge in [-0.3, -0.25) is 4.79 Å². The van der Waals surface area contributed by atoms with Crippen molar-refractivity contribution in [3.63, 3.8) is 0 Å². The van der Waals surface area contributed by atoms with Gasteiger partial charge in [-0.05, 0) is 42.7 Å². The molecule has 0 saturated carbocycles. The van der Waals surface area contributed by atoms with Crippen molar-refractivity contribution in [2.45, 2.75) is 31.6 Å². The molecule has 2 heteroatoms. The number of hydrogen-bond donors (Lipinski definition) is 0. The second kappa shape index (κ2) is 4.85. The number of hydrogen-bond acceptors (Lipinski definition) is 2. The van der Waals surface area contributed by atoms with E-state index in [1.54, 1.807) is 0 Å². The molecule has 17 heavy (non-hydrogen) atoms. The molecule has 3 rings (SSSR count). The molecule has 1 heterocycles. The second-order valence-electron chi connectivity index (χ2n) is 5.20. The van der Waals surface area contributed by atoms with E-state index in [-0.39, 0.29) is 0 Å². The monoisotopic (exact) mass is 246 g/mol. The maximum atomic E-state index is 11.7. The Bertz CT molecular complexity index is 427. The highest BCUT2D eigenvalue weighted by atomic mass is 32.2. The van der Waals surface area contributed by atoms with Crippen LogP contribution in [0.2, 0.25) is 0 Å². The average Bonchev–Trinajstić information content (AvgIpc) is 2.76. The predicted molar refractivity (Wildman–Crippen MR) is 72.6 cm³/mol. The lowest BCUT2D eigenvalue weighted by Gasteiger charge is -2.27. The van der Waals surface area contributed by atoms with Gasteiger partial charge in [-0.2, -0.15) is 11.8 Å². The highest BCUT2D eigenvalue weighted by molar-refractivity contribution is 8.00. The van der Waals surface area contributed by atoms with Crippen molar-refractivity contribution in [1.82, 2.24) is 0 Å². The number of carbonyl (C=O) groups is 1. The summed E-state index contributed by atoms with van der Waals surface area (Å²) < 4.78 is 0. The van der Waals surface area contributed by atoms with Crippen molar-refractivity contribution >= 4 is 17.5 Å². The van der Waals surface area contributed by atoms with Crippen LogP contribution in [-0.4, -0.2) is 17.3 Å². The fourth-order valence-corrected chi connectivity index (χ4v) is 4.32. The van der Waals surface area contributed by atoms with E-state index in [0.717, 1.165) is 17.9 Å². The summed E-state index contributed by atoms with van der Waals surface area (Å²) in [5.41, 5.74) is 3.03. The molecule has 2 atom stereocenters. The Morgan fingerprint density at radius 1 is 1.24 bits per heavy atom. The number of fused-ring (bicyclic) bond motifs is 1. The molecule has 2 aliphatic rings. The fourth-order valence-electron chi connectivity index (χ4n) is 3.15. The van der Waals surface area contributed by atoms with Crippen molar-refractivity contribution in [2.75, 3.05) is 11.5 Å². The largest absolute Gasteiger partial charge is 0.298 e. The molecule has 1 aliphatic carbocycles. The Morgan fingerprint density at radius 3 is 2.94 bits per heavy atom. The Labute approximate surface area is 107 Å². The number of rotatable bonds is 2. The van der Waals surface area contributed by atoms with Gasteiger partial charge in [0, 0.05) is 11.7 Å². The Balaban J connectivity index is 1.78. The lowest BCUT2D eigenvalue weighted by atomic mass is 9.78. The summed E-state index contributed by atoms with van der Waals surface area (Å²) >= 11 is 1.81. The van der Waals surface area contributed by atoms with Gasteiger partial charge >= 0.3 is 0 Å².